The van der Waals surface area contributed by atoms with Gasteiger partial charge in [-0.2, -0.15) is 0 Å². The molecule has 0 aliphatic carbocycles. The molecule has 0 saturated heterocycles. The number of carbonyl (C=O) groups is 2. The van der Waals surface area contributed by atoms with Crippen molar-refractivity contribution in [2.75, 3.05) is 13.7 Å². The van der Waals surface area contributed by atoms with Crippen LogP contribution in [0.4, 0.5) is 4.39 Å². The first-order chi connectivity index (χ1) is 10.4. The van der Waals surface area contributed by atoms with Crippen LogP contribution in [0, 0.1) is 5.82 Å². The van der Waals surface area contributed by atoms with Crippen molar-refractivity contribution in [1.29, 1.82) is 0 Å². The van der Waals surface area contributed by atoms with Crippen molar-refractivity contribution in [2.24, 2.45) is 0 Å². The van der Waals surface area contributed by atoms with E-state index in [-0.39, 0.29) is 30.7 Å². The maximum absolute atomic E-state index is 13.6. The molecule has 0 aromatic heterocycles. The number of aliphatic carboxylic acids is 1. The molecule has 0 fully saturated rings. The molecule has 0 spiro atoms. The number of rotatable bonds is 8. The van der Waals surface area contributed by atoms with Crippen LogP contribution in [0.2, 0.25) is 0 Å². The minimum absolute atomic E-state index is 0.142. The van der Waals surface area contributed by atoms with Gasteiger partial charge in [-0.15, -0.1) is 0 Å². The van der Waals surface area contributed by atoms with E-state index in [0.29, 0.717) is 18.4 Å². The van der Waals surface area contributed by atoms with Crippen molar-refractivity contribution in [2.45, 2.75) is 39.2 Å². The van der Waals surface area contributed by atoms with E-state index in [1.54, 1.807) is 6.07 Å². The van der Waals surface area contributed by atoms with E-state index in [1.807, 2.05) is 13.8 Å². The van der Waals surface area contributed by atoms with Crippen molar-refractivity contribution in [3.05, 3.63) is 29.6 Å². The average Bonchev–Trinajstić information content (AvgIpc) is 2.49. The van der Waals surface area contributed by atoms with Crippen molar-refractivity contribution in [3.8, 4) is 5.75 Å². The Morgan fingerprint density at radius 1 is 1.41 bits per heavy atom. The van der Waals surface area contributed by atoms with Crippen LogP contribution >= 0.6 is 0 Å². The van der Waals surface area contributed by atoms with Crippen LogP contribution in [0.1, 0.15) is 32.3 Å². The second-order valence-electron chi connectivity index (χ2n) is 5.14. The molecule has 1 amide bonds. The van der Waals surface area contributed by atoms with E-state index in [9.17, 15) is 14.0 Å². The summed E-state index contributed by atoms with van der Waals surface area (Å²) in [5.41, 5.74) is 0.672. The van der Waals surface area contributed by atoms with Crippen LogP contribution in [-0.4, -0.2) is 41.6 Å². The van der Waals surface area contributed by atoms with Gasteiger partial charge in [-0.3, -0.25) is 9.59 Å². The van der Waals surface area contributed by atoms with Crippen LogP contribution in [0.3, 0.4) is 0 Å². The summed E-state index contributed by atoms with van der Waals surface area (Å²) in [4.78, 5) is 24.4. The molecule has 6 heteroatoms. The summed E-state index contributed by atoms with van der Waals surface area (Å²) >= 11 is 0. The maximum Gasteiger partial charge on any atom is 0.323 e. The number of hydrogen-bond donors (Lipinski definition) is 1. The lowest BCUT2D eigenvalue weighted by Gasteiger charge is -2.27. The highest BCUT2D eigenvalue weighted by Crippen LogP contribution is 2.19. The number of benzene rings is 1. The highest BCUT2D eigenvalue weighted by atomic mass is 19.1. The first-order valence-electron chi connectivity index (χ1n) is 7.22. The standard InChI is InChI=1S/C16H22FNO4/c1-4-11(2)18(10-16(20)21)15(19)8-6-12-5-7-14(22-3)13(17)9-12/h5,7,9,11H,4,6,8,10H2,1-3H3,(H,20,21). The Labute approximate surface area is 129 Å². The van der Waals surface area contributed by atoms with Gasteiger partial charge in [-0.05, 0) is 37.5 Å². The average molecular weight is 311 g/mol. The second kappa shape index (κ2) is 8.36. The third-order valence-corrected chi connectivity index (χ3v) is 3.59. The van der Waals surface area contributed by atoms with Crippen LogP contribution in [0.5, 0.6) is 5.75 Å². The number of carbonyl (C=O) groups excluding carboxylic acids is 1. The lowest BCUT2D eigenvalue weighted by Crippen LogP contribution is -2.41. The first kappa shape index (κ1) is 17.9. The Bertz CT molecular complexity index is 533. The summed E-state index contributed by atoms with van der Waals surface area (Å²) in [6.07, 6.45) is 1.17. The van der Waals surface area contributed by atoms with E-state index in [2.05, 4.69) is 0 Å². The molecule has 1 N–H and O–H groups in total. The van der Waals surface area contributed by atoms with E-state index in [1.165, 1.54) is 24.1 Å². The third-order valence-electron chi connectivity index (χ3n) is 3.59. The van der Waals surface area contributed by atoms with E-state index < -0.39 is 11.8 Å². The molecule has 0 heterocycles. The van der Waals surface area contributed by atoms with Crippen molar-refractivity contribution < 1.29 is 23.8 Å². The van der Waals surface area contributed by atoms with Gasteiger partial charge in [-0.25, -0.2) is 4.39 Å². The molecular formula is C16H22FNO4. The number of methoxy groups -OCH3 is 1. The van der Waals surface area contributed by atoms with Gasteiger partial charge >= 0.3 is 5.97 Å². The number of amides is 1. The van der Waals surface area contributed by atoms with Gasteiger partial charge in [0.15, 0.2) is 11.6 Å². The van der Waals surface area contributed by atoms with Gasteiger partial charge in [0.05, 0.1) is 7.11 Å². The SMILES string of the molecule is CCC(C)N(CC(=O)O)C(=O)CCc1ccc(OC)c(F)c1. The fourth-order valence-corrected chi connectivity index (χ4v) is 2.12. The van der Waals surface area contributed by atoms with E-state index >= 15 is 0 Å². The van der Waals surface area contributed by atoms with Gasteiger partial charge in [-0.1, -0.05) is 13.0 Å². The number of aryl methyl sites for hydroxylation is 1. The quantitative estimate of drug-likeness (QED) is 0.801. The normalized spacial score (nSPS) is 11.8. The predicted octanol–water partition coefficient (Wildman–Crippen LogP) is 2.48. The highest BCUT2D eigenvalue weighted by Gasteiger charge is 2.21. The molecule has 22 heavy (non-hydrogen) atoms. The van der Waals surface area contributed by atoms with Gasteiger partial charge in [0, 0.05) is 12.5 Å². The van der Waals surface area contributed by atoms with Crippen molar-refractivity contribution in [3.63, 3.8) is 0 Å². The molecule has 0 aliphatic rings. The number of nitrogens with zero attached hydrogens (tertiary/aromatic N) is 1. The zero-order valence-electron chi connectivity index (χ0n) is 13.1. The summed E-state index contributed by atoms with van der Waals surface area (Å²) in [6, 6.07) is 4.40. The fourth-order valence-electron chi connectivity index (χ4n) is 2.12. The molecule has 1 rings (SSSR count). The number of hydrogen-bond acceptors (Lipinski definition) is 3. The molecule has 5 nitrogen and oxygen atoms in total. The smallest absolute Gasteiger partial charge is 0.323 e. The molecule has 1 unspecified atom stereocenters. The minimum Gasteiger partial charge on any atom is -0.494 e. The van der Waals surface area contributed by atoms with E-state index in [4.69, 9.17) is 9.84 Å². The zero-order chi connectivity index (χ0) is 16.7. The summed E-state index contributed by atoms with van der Waals surface area (Å²) in [5.74, 6) is -1.60. The Morgan fingerprint density at radius 3 is 2.59 bits per heavy atom. The van der Waals surface area contributed by atoms with Crippen LogP contribution in [0.25, 0.3) is 0 Å². The maximum atomic E-state index is 13.6. The lowest BCUT2D eigenvalue weighted by molar-refractivity contribution is -0.146. The topological polar surface area (TPSA) is 66.8 Å². The van der Waals surface area contributed by atoms with Crippen molar-refractivity contribution >= 4 is 11.9 Å². The van der Waals surface area contributed by atoms with Gasteiger partial charge in [0.1, 0.15) is 6.54 Å². The Morgan fingerprint density at radius 2 is 2.09 bits per heavy atom. The Kier molecular flexibility index (Phi) is 6.82. The molecular weight excluding hydrogens is 289 g/mol. The zero-order valence-corrected chi connectivity index (χ0v) is 13.1. The van der Waals surface area contributed by atoms with Crippen LogP contribution in [0.15, 0.2) is 18.2 Å². The van der Waals surface area contributed by atoms with Gasteiger partial charge in [0.25, 0.3) is 0 Å². The number of ether oxygens (including phenoxy) is 1. The Hall–Kier alpha value is -2.11. The molecule has 0 radical (unpaired) electrons. The fraction of sp³-hybridized carbons (Fsp3) is 0.500. The monoisotopic (exact) mass is 311 g/mol. The molecule has 122 valence electrons. The Balaban J connectivity index is 2.69. The van der Waals surface area contributed by atoms with Gasteiger partial charge < -0.3 is 14.7 Å². The van der Waals surface area contributed by atoms with Crippen molar-refractivity contribution in [1.82, 2.24) is 4.90 Å². The molecule has 1 aromatic rings. The first-order valence-corrected chi connectivity index (χ1v) is 7.22. The van der Waals surface area contributed by atoms with Crippen LogP contribution in [-0.2, 0) is 16.0 Å². The van der Waals surface area contributed by atoms with Crippen LogP contribution < -0.4 is 4.74 Å². The second-order valence-corrected chi connectivity index (χ2v) is 5.14. The summed E-state index contributed by atoms with van der Waals surface area (Å²) in [7, 11) is 1.39. The number of carboxylic acids is 1. The third kappa shape index (κ3) is 5.02. The summed E-state index contributed by atoms with van der Waals surface area (Å²) < 4.78 is 18.4. The lowest BCUT2D eigenvalue weighted by atomic mass is 10.1. The summed E-state index contributed by atoms with van der Waals surface area (Å²) in [5, 5.41) is 8.90. The number of halogens is 1. The predicted molar refractivity (Wildman–Crippen MR) is 80.4 cm³/mol. The molecule has 1 aromatic carbocycles. The van der Waals surface area contributed by atoms with Gasteiger partial charge in [0.2, 0.25) is 5.91 Å². The minimum atomic E-state index is -1.04. The van der Waals surface area contributed by atoms with E-state index in [0.717, 1.165) is 0 Å². The molecule has 1 atom stereocenters. The molecule has 0 bridgehead atoms. The highest BCUT2D eigenvalue weighted by molar-refractivity contribution is 5.81. The summed E-state index contributed by atoms with van der Waals surface area (Å²) in [6.45, 7) is 3.39. The largest absolute Gasteiger partial charge is 0.494 e. The molecule has 0 saturated carbocycles. The number of carboxylic acid groups (broad SMARTS) is 1. The molecule has 0 aliphatic heterocycles.